The first kappa shape index (κ1) is 13.8. The van der Waals surface area contributed by atoms with Crippen molar-refractivity contribution in [2.75, 3.05) is 19.3 Å². The fourth-order valence-corrected chi connectivity index (χ4v) is 2.42. The van der Waals surface area contributed by atoms with Gasteiger partial charge in [-0.1, -0.05) is 0 Å². The Balaban J connectivity index is 2.85. The van der Waals surface area contributed by atoms with Gasteiger partial charge >= 0.3 is 0 Å². The van der Waals surface area contributed by atoms with Gasteiger partial charge in [-0.2, -0.15) is 0 Å². The predicted molar refractivity (Wildman–Crippen MR) is 64.4 cm³/mol. The van der Waals surface area contributed by atoms with Crippen molar-refractivity contribution in [3.8, 4) is 0 Å². The number of sulfone groups is 1. The first-order chi connectivity index (χ1) is 7.16. The highest BCUT2D eigenvalue weighted by Gasteiger charge is 2.42. The summed E-state index contributed by atoms with van der Waals surface area (Å²) < 4.78 is 21.7. The molecular formula is C10H18ClNO3S. The average molecular weight is 268 g/mol. The Morgan fingerprint density at radius 2 is 2.00 bits per heavy atom. The Hall–Kier alpha value is -0.290. The first-order valence-corrected chi connectivity index (χ1v) is 7.62. The molecular weight excluding hydrogens is 250 g/mol. The second-order valence-electron chi connectivity index (χ2n) is 4.77. The number of amides is 1. The van der Waals surface area contributed by atoms with Gasteiger partial charge in [0.05, 0.1) is 5.38 Å². The molecule has 1 atom stereocenters. The fourth-order valence-electron chi connectivity index (χ4n) is 1.65. The zero-order chi connectivity index (χ0) is 12.6. The van der Waals surface area contributed by atoms with Gasteiger partial charge < -0.3 is 4.90 Å². The third-order valence-corrected chi connectivity index (χ3v) is 5.48. The lowest BCUT2D eigenvalue weighted by atomic mass is 10.1. The van der Waals surface area contributed by atoms with Crippen LogP contribution >= 0.6 is 11.6 Å². The van der Waals surface area contributed by atoms with Crippen LogP contribution in [0.5, 0.6) is 0 Å². The van der Waals surface area contributed by atoms with Crippen LogP contribution in [0.15, 0.2) is 0 Å². The molecule has 4 nitrogen and oxygen atoms in total. The summed E-state index contributed by atoms with van der Waals surface area (Å²) >= 11 is 5.98. The molecule has 0 aromatic rings. The number of carbonyl (C=O) groups excluding carboxylic acids is 1. The van der Waals surface area contributed by atoms with Crippen molar-refractivity contribution in [2.45, 2.75) is 36.8 Å². The minimum Gasteiger partial charge on any atom is -0.340 e. The molecule has 0 bridgehead atoms. The summed E-state index contributed by atoms with van der Waals surface area (Å²) in [6, 6.07) is 0. The number of rotatable bonds is 2. The van der Waals surface area contributed by atoms with E-state index in [0.29, 0.717) is 13.1 Å². The summed E-state index contributed by atoms with van der Waals surface area (Å²) in [6.45, 7) is 3.94. The van der Waals surface area contributed by atoms with Crippen molar-refractivity contribution in [1.29, 1.82) is 0 Å². The van der Waals surface area contributed by atoms with Crippen molar-refractivity contribution >= 4 is 27.3 Å². The predicted octanol–water partition coefficient (Wildman–Crippen LogP) is 1.04. The van der Waals surface area contributed by atoms with Crippen LogP contribution in [-0.2, 0) is 14.6 Å². The number of hydrogen-bond donors (Lipinski definition) is 0. The molecule has 0 saturated carbocycles. The highest BCUT2D eigenvalue weighted by molar-refractivity contribution is 7.92. The molecule has 1 saturated heterocycles. The summed E-state index contributed by atoms with van der Waals surface area (Å²) in [6.07, 6.45) is 2.80. The summed E-state index contributed by atoms with van der Waals surface area (Å²) in [4.78, 5) is 13.7. The number of likely N-dealkylation sites (tertiary alicyclic amines) is 1. The van der Waals surface area contributed by atoms with Gasteiger partial charge in [0.2, 0.25) is 5.91 Å². The highest BCUT2D eigenvalue weighted by atomic mass is 35.5. The maximum atomic E-state index is 12.1. The van der Waals surface area contributed by atoms with Gasteiger partial charge in [0.1, 0.15) is 4.75 Å². The molecule has 94 valence electrons. The number of alkyl halides is 1. The van der Waals surface area contributed by atoms with Crippen LogP contribution in [0.1, 0.15) is 26.7 Å². The molecule has 1 unspecified atom stereocenters. The second kappa shape index (κ2) is 4.53. The van der Waals surface area contributed by atoms with Crippen molar-refractivity contribution < 1.29 is 13.2 Å². The van der Waals surface area contributed by atoms with Crippen LogP contribution in [0.25, 0.3) is 0 Å². The quantitative estimate of drug-likeness (QED) is 0.703. The smallest absolute Gasteiger partial charge is 0.243 e. The van der Waals surface area contributed by atoms with E-state index >= 15 is 0 Å². The zero-order valence-electron chi connectivity index (χ0n) is 9.86. The number of nitrogens with zero attached hydrogens (tertiary/aromatic N) is 1. The Labute approximate surface area is 102 Å². The molecule has 1 aliphatic heterocycles. The maximum Gasteiger partial charge on any atom is 0.243 e. The Morgan fingerprint density at radius 3 is 2.44 bits per heavy atom. The van der Waals surface area contributed by atoms with E-state index in [2.05, 4.69) is 0 Å². The summed E-state index contributed by atoms with van der Waals surface area (Å²) in [5.74, 6) is -0.347. The summed E-state index contributed by atoms with van der Waals surface area (Å²) in [5.41, 5.74) is 0. The molecule has 1 fully saturated rings. The van der Waals surface area contributed by atoms with Gasteiger partial charge in [-0.05, 0) is 26.7 Å². The van der Waals surface area contributed by atoms with E-state index in [9.17, 15) is 13.2 Å². The minimum absolute atomic E-state index is 0.0620. The molecule has 0 radical (unpaired) electrons. The van der Waals surface area contributed by atoms with E-state index in [-0.39, 0.29) is 11.3 Å². The average Bonchev–Trinajstić information content (AvgIpc) is 2.14. The highest BCUT2D eigenvalue weighted by Crippen LogP contribution is 2.23. The molecule has 1 aliphatic rings. The van der Waals surface area contributed by atoms with Crippen LogP contribution < -0.4 is 0 Å². The number of hydrogen-bond acceptors (Lipinski definition) is 3. The van der Waals surface area contributed by atoms with Gasteiger partial charge in [0.25, 0.3) is 0 Å². The largest absolute Gasteiger partial charge is 0.340 e. The number of carbonyl (C=O) groups is 1. The second-order valence-corrected chi connectivity index (χ2v) is 7.96. The van der Waals surface area contributed by atoms with Gasteiger partial charge in [-0.3, -0.25) is 4.79 Å². The molecule has 1 amide bonds. The van der Waals surface area contributed by atoms with Gasteiger partial charge in [0.15, 0.2) is 9.84 Å². The van der Waals surface area contributed by atoms with E-state index in [1.54, 1.807) is 4.90 Å². The third-order valence-electron chi connectivity index (χ3n) is 3.09. The zero-order valence-corrected chi connectivity index (χ0v) is 11.4. The van der Waals surface area contributed by atoms with Crippen molar-refractivity contribution in [1.82, 2.24) is 4.90 Å². The van der Waals surface area contributed by atoms with E-state index in [1.807, 2.05) is 0 Å². The monoisotopic (exact) mass is 267 g/mol. The van der Waals surface area contributed by atoms with Gasteiger partial charge in [-0.15, -0.1) is 11.6 Å². The lowest BCUT2D eigenvalue weighted by Gasteiger charge is -2.35. The SMILES string of the molecule is CC(C)(C(=O)N1CCCC(Cl)C1)S(C)(=O)=O. The van der Waals surface area contributed by atoms with Crippen LogP contribution in [0.4, 0.5) is 0 Å². The van der Waals surface area contributed by atoms with Crippen LogP contribution in [-0.4, -0.2) is 48.7 Å². The van der Waals surface area contributed by atoms with Crippen molar-refractivity contribution in [3.63, 3.8) is 0 Å². The van der Waals surface area contributed by atoms with Gasteiger partial charge in [0, 0.05) is 19.3 Å². The van der Waals surface area contributed by atoms with E-state index in [0.717, 1.165) is 19.1 Å². The lowest BCUT2D eigenvalue weighted by Crippen LogP contribution is -2.52. The molecule has 0 aliphatic carbocycles. The van der Waals surface area contributed by atoms with Crippen LogP contribution in [0.3, 0.4) is 0 Å². The van der Waals surface area contributed by atoms with Crippen LogP contribution in [0, 0.1) is 0 Å². The van der Waals surface area contributed by atoms with E-state index in [4.69, 9.17) is 11.6 Å². The maximum absolute atomic E-state index is 12.1. The normalized spacial score (nSPS) is 23.2. The Kier molecular flexibility index (Phi) is 3.90. The molecule has 0 aromatic carbocycles. The standard InChI is InChI=1S/C10H18ClNO3S/c1-10(2,16(3,14)15)9(13)12-6-4-5-8(11)7-12/h8H,4-7H2,1-3H3. The van der Waals surface area contributed by atoms with E-state index < -0.39 is 14.6 Å². The van der Waals surface area contributed by atoms with Gasteiger partial charge in [-0.25, -0.2) is 8.42 Å². The topological polar surface area (TPSA) is 54.5 Å². The third kappa shape index (κ3) is 2.69. The fraction of sp³-hybridized carbons (Fsp3) is 0.900. The van der Waals surface area contributed by atoms with Crippen LogP contribution in [0.2, 0.25) is 0 Å². The molecule has 1 heterocycles. The molecule has 16 heavy (non-hydrogen) atoms. The Bertz CT molecular complexity index is 378. The Morgan fingerprint density at radius 1 is 1.44 bits per heavy atom. The molecule has 6 heteroatoms. The lowest BCUT2D eigenvalue weighted by molar-refractivity contribution is -0.133. The minimum atomic E-state index is -3.40. The number of piperidine rings is 1. The molecule has 0 spiro atoms. The molecule has 0 N–H and O–H groups in total. The molecule has 0 aromatic heterocycles. The van der Waals surface area contributed by atoms with E-state index in [1.165, 1.54) is 13.8 Å². The summed E-state index contributed by atoms with van der Waals surface area (Å²) in [7, 11) is -3.40. The summed E-state index contributed by atoms with van der Waals surface area (Å²) in [5, 5.41) is -0.0620. The first-order valence-electron chi connectivity index (χ1n) is 5.29. The molecule has 1 rings (SSSR count). The van der Waals surface area contributed by atoms with Crippen molar-refractivity contribution in [2.24, 2.45) is 0 Å². The number of halogens is 1. The van der Waals surface area contributed by atoms with Crippen molar-refractivity contribution in [3.05, 3.63) is 0 Å².